The Bertz CT molecular complexity index is 432. The van der Waals surface area contributed by atoms with Crippen molar-refractivity contribution in [2.75, 3.05) is 5.73 Å². The van der Waals surface area contributed by atoms with Gasteiger partial charge in [-0.1, -0.05) is 31.2 Å². The van der Waals surface area contributed by atoms with Crippen molar-refractivity contribution in [2.24, 2.45) is 0 Å². The van der Waals surface area contributed by atoms with Gasteiger partial charge in [0.2, 0.25) is 0 Å². The predicted molar refractivity (Wildman–Crippen MR) is 57.7 cm³/mol. The Labute approximate surface area is 78.2 Å². The lowest BCUT2D eigenvalue weighted by Gasteiger charge is -2.01. The van der Waals surface area contributed by atoms with Crippen LogP contribution in [0.5, 0.6) is 0 Å². The zero-order chi connectivity index (χ0) is 9.26. The second-order valence-electron chi connectivity index (χ2n) is 3.29. The minimum Gasteiger partial charge on any atom is -0.399 e. The number of fused-ring (bicyclic) bond motifs is 1. The van der Waals surface area contributed by atoms with Crippen LogP contribution >= 0.6 is 0 Å². The Hall–Kier alpha value is -1.50. The molecule has 2 rings (SSSR count). The van der Waals surface area contributed by atoms with Crippen LogP contribution in [0.4, 0.5) is 5.69 Å². The molecule has 2 aromatic rings. The summed E-state index contributed by atoms with van der Waals surface area (Å²) < 4.78 is 0. The Morgan fingerprint density at radius 3 is 2.54 bits per heavy atom. The fraction of sp³-hybridized carbons (Fsp3) is 0.167. The Balaban J connectivity index is 2.68. The Morgan fingerprint density at radius 2 is 1.77 bits per heavy atom. The monoisotopic (exact) mass is 171 g/mol. The molecule has 0 aliphatic heterocycles. The van der Waals surface area contributed by atoms with Gasteiger partial charge in [0, 0.05) is 5.69 Å². The molecule has 1 nitrogen and oxygen atoms in total. The molecule has 0 aromatic heterocycles. The molecule has 0 atom stereocenters. The quantitative estimate of drug-likeness (QED) is 0.656. The fourth-order valence-electron chi connectivity index (χ4n) is 1.53. The number of nitrogen functional groups attached to an aromatic ring is 1. The second kappa shape index (κ2) is 3.09. The molecule has 0 saturated carbocycles. The maximum Gasteiger partial charge on any atom is 0.0320 e. The van der Waals surface area contributed by atoms with Gasteiger partial charge in [0.05, 0.1) is 0 Å². The van der Waals surface area contributed by atoms with Crippen molar-refractivity contribution in [1.82, 2.24) is 0 Å². The van der Waals surface area contributed by atoms with E-state index in [1.54, 1.807) is 0 Å². The fourth-order valence-corrected chi connectivity index (χ4v) is 1.53. The highest BCUT2D eigenvalue weighted by Crippen LogP contribution is 2.19. The first-order chi connectivity index (χ1) is 6.29. The summed E-state index contributed by atoms with van der Waals surface area (Å²) in [6, 6.07) is 12.5. The lowest BCUT2D eigenvalue weighted by Crippen LogP contribution is -1.85. The molecule has 0 aliphatic carbocycles. The predicted octanol–water partition coefficient (Wildman–Crippen LogP) is 2.98. The molecule has 2 aromatic carbocycles. The van der Waals surface area contributed by atoms with Gasteiger partial charge in [-0.2, -0.15) is 0 Å². The van der Waals surface area contributed by atoms with Crippen LogP contribution in [0.2, 0.25) is 0 Å². The minimum atomic E-state index is 0.834. The largest absolute Gasteiger partial charge is 0.399 e. The zero-order valence-electron chi connectivity index (χ0n) is 7.75. The molecule has 0 spiro atoms. The van der Waals surface area contributed by atoms with Crippen LogP contribution in [0, 0.1) is 0 Å². The molecule has 0 fully saturated rings. The Morgan fingerprint density at radius 1 is 1.00 bits per heavy atom. The van der Waals surface area contributed by atoms with Gasteiger partial charge in [0.25, 0.3) is 0 Å². The number of benzene rings is 2. The van der Waals surface area contributed by atoms with Gasteiger partial charge in [0.1, 0.15) is 0 Å². The summed E-state index contributed by atoms with van der Waals surface area (Å²) in [6.45, 7) is 2.16. The van der Waals surface area contributed by atoms with Crippen LogP contribution < -0.4 is 5.73 Å². The van der Waals surface area contributed by atoms with Crippen LogP contribution in [0.3, 0.4) is 0 Å². The molecule has 66 valence electrons. The van der Waals surface area contributed by atoms with Crippen LogP contribution in [-0.2, 0) is 6.42 Å². The molecule has 0 aliphatic rings. The zero-order valence-corrected chi connectivity index (χ0v) is 7.75. The molecular formula is C12H13N. The van der Waals surface area contributed by atoms with E-state index in [0.29, 0.717) is 0 Å². The van der Waals surface area contributed by atoms with Crippen molar-refractivity contribution in [3.8, 4) is 0 Å². The first-order valence-corrected chi connectivity index (χ1v) is 4.58. The van der Waals surface area contributed by atoms with E-state index in [-0.39, 0.29) is 0 Å². The second-order valence-corrected chi connectivity index (χ2v) is 3.29. The van der Waals surface area contributed by atoms with Gasteiger partial charge < -0.3 is 5.73 Å². The summed E-state index contributed by atoms with van der Waals surface area (Å²) >= 11 is 0. The molecule has 0 saturated heterocycles. The minimum absolute atomic E-state index is 0.834. The molecule has 0 heterocycles. The number of nitrogens with two attached hydrogens (primary N) is 1. The average molecular weight is 171 g/mol. The van der Waals surface area contributed by atoms with Gasteiger partial charge in [0.15, 0.2) is 0 Å². The highest BCUT2D eigenvalue weighted by molar-refractivity contribution is 5.85. The van der Waals surface area contributed by atoms with Gasteiger partial charge >= 0.3 is 0 Å². The average Bonchev–Trinajstić information content (AvgIpc) is 2.16. The van der Waals surface area contributed by atoms with Gasteiger partial charge in [-0.25, -0.2) is 0 Å². The maximum absolute atomic E-state index is 5.72. The third kappa shape index (κ3) is 1.50. The first-order valence-electron chi connectivity index (χ1n) is 4.58. The van der Waals surface area contributed by atoms with Crippen molar-refractivity contribution >= 4 is 16.5 Å². The van der Waals surface area contributed by atoms with Crippen molar-refractivity contribution in [2.45, 2.75) is 13.3 Å². The molecule has 1 heteroatoms. The van der Waals surface area contributed by atoms with E-state index in [1.165, 1.54) is 16.3 Å². The van der Waals surface area contributed by atoms with Gasteiger partial charge in [-0.3, -0.25) is 0 Å². The van der Waals surface area contributed by atoms with Crippen LogP contribution in [0.15, 0.2) is 36.4 Å². The standard InChI is InChI=1S/C12H13N/c1-2-9-3-4-10-5-6-12(13)8-11(10)7-9/h3-8H,2,13H2,1H3. The number of anilines is 1. The first kappa shape index (κ1) is 8.11. The van der Waals surface area contributed by atoms with E-state index >= 15 is 0 Å². The lowest BCUT2D eigenvalue weighted by molar-refractivity contribution is 1.15. The molecule has 2 N–H and O–H groups in total. The molecule has 0 amide bonds. The van der Waals surface area contributed by atoms with E-state index in [9.17, 15) is 0 Å². The normalized spacial score (nSPS) is 10.5. The van der Waals surface area contributed by atoms with Crippen molar-refractivity contribution in [3.05, 3.63) is 42.0 Å². The number of rotatable bonds is 1. The number of hydrogen-bond acceptors (Lipinski definition) is 1. The van der Waals surface area contributed by atoms with E-state index in [0.717, 1.165) is 12.1 Å². The maximum atomic E-state index is 5.72. The molecule has 13 heavy (non-hydrogen) atoms. The highest BCUT2D eigenvalue weighted by Gasteiger charge is 1.95. The van der Waals surface area contributed by atoms with Crippen LogP contribution in [0.1, 0.15) is 12.5 Å². The van der Waals surface area contributed by atoms with Crippen molar-refractivity contribution in [3.63, 3.8) is 0 Å². The van der Waals surface area contributed by atoms with Crippen molar-refractivity contribution < 1.29 is 0 Å². The summed E-state index contributed by atoms with van der Waals surface area (Å²) in [5, 5.41) is 2.49. The van der Waals surface area contributed by atoms with Crippen molar-refractivity contribution in [1.29, 1.82) is 0 Å². The molecule has 0 radical (unpaired) electrons. The van der Waals surface area contributed by atoms with Gasteiger partial charge in [-0.15, -0.1) is 0 Å². The Kier molecular flexibility index (Phi) is 1.93. The smallest absolute Gasteiger partial charge is 0.0320 e. The van der Waals surface area contributed by atoms with E-state index in [4.69, 9.17) is 5.73 Å². The van der Waals surface area contributed by atoms with Crippen LogP contribution in [-0.4, -0.2) is 0 Å². The van der Waals surface area contributed by atoms with E-state index < -0.39 is 0 Å². The summed E-state index contributed by atoms with van der Waals surface area (Å²) in [5.74, 6) is 0. The summed E-state index contributed by atoms with van der Waals surface area (Å²) in [7, 11) is 0. The van der Waals surface area contributed by atoms with Crippen LogP contribution in [0.25, 0.3) is 10.8 Å². The summed E-state index contributed by atoms with van der Waals surface area (Å²) in [6.07, 6.45) is 1.07. The number of hydrogen-bond donors (Lipinski definition) is 1. The summed E-state index contributed by atoms with van der Waals surface area (Å²) in [4.78, 5) is 0. The third-order valence-electron chi connectivity index (χ3n) is 2.34. The SMILES string of the molecule is CCc1ccc2ccc(N)cc2c1. The number of aryl methyl sites for hydroxylation is 1. The third-order valence-corrected chi connectivity index (χ3v) is 2.34. The summed E-state index contributed by atoms with van der Waals surface area (Å²) in [5.41, 5.74) is 7.91. The van der Waals surface area contributed by atoms with E-state index in [2.05, 4.69) is 31.2 Å². The molecular weight excluding hydrogens is 158 g/mol. The topological polar surface area (TPSA) is 26.0 Å². The van der Waals surface area contributed by atoms with Gasteiger partial charge in [-0.05, 0) is 34.9 Å². The molecule has 0 unspecified atom stereocenters. The lowest BCUT2D eigenvalue weighted by atomic mass is 10.1. The highest BCUT2D eigenvalue weighted by atomic mass is 14.5. The molecule has 0 bridgehead atoms. The van der Waals surface area contributed by atoms with E-state index in [1.807, 2.05) is 12.1 Å².